The number of amides is 1. The second-order valence-electron chi connectivity index (χ2n) is 6.42. The summed E-state index contributed by atoms with van der Waals surface area (Å²) in [5.41, 5.74) is 3.98. The van der Waals surface area contributed by atoms with Gasteiger partial charge in [-0.05, 0) is 23.8 Å². The lowest BCUT2D eigenvalue weighted by Gasteiger charge is -2.45. The Labute approximate surface area is 124 Å². The van der Waals surface area contributed by atoms with E-state index in [0.717, 1.165) is 16.9 Å². The number of likely N-dealkylation sites (N-methyl/N-ethyl adjacent to an activating group) is 1. The second-order valence-corrected chi connectivity index (χ2v) is 6.42. The summed E-state index contributed by atoms with van der Waals surface area (Å²) in [4.78, 5) is 17.2. The maximum Gasteiger partial charge on any atom is 0.262 e. The van der Waals surface area contributed by atoms with Crippen LogP contribution in [0.5, 0.6) is 0 Å². The SMILES string of the molecule is CN1c2ccccc2C(=O)N2c3ccccc3C(C)(C)C12. The summed E-state index contributed by atoms with van der Waals surface area (Å²) in [6.07, 6.45) is 0.0253. The van der Waals surface area contributed by atoms with Gasteiger partial charge in [-0.15, -0.1) is 0 Å². The minimum Gasteiger partial charge on any atom is -0.352 e. The van der Waals surface area contributed by atoms with Gasteiger partial charge in [0.25, 0.3) is 5.91 Å². The zero-order valence-corrected chi connectivity index (χ0v) is 12.5. The fraction of sp³-hybridized carbons (Fsp3) is 0.278. The molecule has 0 bridgehead atoms. The van der Waals surface area contributed by atoms with Gasteiger partial charge in [0.05, 0.1) is 16.9 Å². The maximum atomic E-state index is 13.0. The van der Waals surface area contributed by atoms with E-state index < -0.39 is 0 Å². The van der Waals surface area contributed by atoms with Gasteiger partial charge in [-0.25, -0.2) is 0 Å². The molecule has 4 rings (SSSR count). The number of benzene rings is 2. The number of hydrogen-bond acceptors (Lipinski definition) is 2. The highest BCUT2D eigenvalue weighted by Gasteiger charge is 2.52. The Morgan fingerprint density at radius 1 is 0.952 bits per heavy atom. The molecular weight excluding hydrogens is 260 g/mol. The standard InChI is InChI=1S/C18H18N2O/c1-18(2)13-9-5-7-11-15(13)20-16(21)12-8-4-6-10-14(12)19(3)17(18)20/h4-11,17H,1-3H3. The second kappa shape index (κ2) is 3.88. The molecule has 106 valence electrons. The van der Waals surface area contributed by atoms with E-state index in [1.807, 2.05) is 35.2 Å². The highest BCUT2D eigenvalue weighted by molar-refractivity contribution is 6.13. The molecule has 0 spiro atoms. The third-order valence-electron chi connectivity index (χ3n) is 4.85. The molecule has 2 aliphatic heterocycles. The van der Waals surface area contributed by atoms with Crippen LogP contribution in [0.4, 0.5) is 11.4 Å². The summed E-state index contributed by atoms with van der Waals surface area (Å²) in [7, 11) is 2.08. The number of carbonyl (C=O) groups is 1. The van der Waals surface area contributed by atoms with Crippen molar-refractivity contribution in [3.05, 3.63) is 59.7 Å². The fourth-order valence-corrected chi connectivity index (χ4v) is 3.92. The largest absolute Gasteiger partial charge is 0.352 e. The highest BCUT2D eigenvalue weighted by Crippen LogP contribution is 2.49. The number of fused-ring (bicyclic) bond motifs is 4. The van der Waals surface area contributed by atoms with Crippen molar-refractivity contribution in [1.29, 1.82) is 0 Å². The molecule has 0 N–H and O–H groups in total. The van der Waals surface area contributed by atoms with Crippen LogP contribution >= 0.6 is 0 Å². The molecule has 1 unspecified atom stereocenters. The topological polar surface area (TPSA) is 23.6 Å². The Kier molecular flexibility index (Phi) is 2.30. The van der Waals surface area contributed by atoms with Gasteiger partial charge in [0.1, 0.15) is 6.17 Å². The van der Waals surface area contributed by atoms with Gasteiger partial charge < -0.3 is 4.90 Å². The molecular formula is C18H18N2O. The molecule has 3 nitrogen and oxygen atoms in total. The van der Waals surface area contributed by atoms with Gasteiger partial charge in [0, 0.05) is 12.5 Å². The minimum absolute atomic E-state index is 0.0253. The quantitative estimate of drug-likeness (QED) is 0.737. The van der Waals surface area contributed by atoms with Crippen molar-refractivity contribution in [3.63, 3.8) is 0 Å². The zero-order chi connectivity index (χ0) is 14.8. The van der Waals surface area contributed by atoms with E-state index >= 15 is 0 Å². The van der Waals surface area contributed by atoms with Crippen LogP contribution in [0.2, 0.25) is 0 Å². The number of anilines is 2. The van der Waals surface area contributed by atoms with Crippen LogP contribution in [-0.2, 0) is 5.41 Å². The molecule has 0 saturated carbocycles. The molecule has 0 radical (unpaired) electrons. The Hall–Kier alpha value is -2.29. The summed E-state index contributed by atoms with van der Waals surface area (Å²) < 4.78 is 0. The lowest BCUT2D eigenvalue weighted by molar-refractivity contribution is 0.0964. The number of nitrogens with zero attached hydrogens (tertiary/aromatic N) is 2. The van der Waals surface area contributed by atoms with Crippen LogP contribution < -0.4 is 9.80 Å². The van der Waals surface area contributed by atoms with Crippen LogP contribution in [0.3, 0.4) is 0 Å². The van der Waals surface area contributed by atoms with Gasteiger partial charge in [0.15, 0.2) is 0 Å². The third-order valence-corrected chi connectivity index (χ3v) is 4.85. The van der Waals surface area contributed by atoms with Crippen molar-refractivity contribution in [2.45, 2.75) is 25.4 Å². The molecule has 2 heterocycles. The van der Waals surface area contributed by atoms with Crippen LogP contribution in [-0.4, -0.2) is 19.1 Å². The van der Waals surface area contributed by atoms with Crippen molar-refractivity contribution in [3.8, 4) is 0 Å². The molecule has 1 atom stereocenters. The lowest BCUT2D eigenvalue weighted by Crippen LogP contribution is -2.58. The minimum atomic E-state index is -0.103. The highest BCUT2D eigenvalue weighted by atomic mass is 16.2. The zero-order valence-electron chi connectivity index (χ0n) is 12.5. The van der Waals surface area contributed by atoms with E-state index in [2.05, 4.69) is 44.0 Å². The normalized spacial score (nSPS) is 21.9. The van der Waals surface area contributed by atoms with Crippen LogP contribution in [0.15, 0.2) is 48.5 Å². The average Bonchev–Trinajstić information content (AvgIpc) is 2.74. The first kappa shape index (κ1) is 12.5. The molecule has 2 aromatic carbocycles. The van der Waals surface area contributed by atoms with Crippen molar-refractivity contribution < 1.29 is 4.79 Å². The fourth-order valence-electron chi connectivity index (χ4n) is 3.92. The Morgan fingerprint density at radius 3 is 2.33 bits per heavy atom. The van der Waals surface area contributed by atoms with Gasteiger partial charge in [0.2, 0.25) is 0 Å². The van der Waals surface area contributed by atoms with Gasteiger partial charge in [-0.3, -0.25) is 9.69 Å². The molecule has 3 heteroatoms. The van der Waals surface area contributed by atoms with Crippen molar-refractivity contribution in [2.24, 2.45) is 0 Å². The maximum absolute atomic E-state index is 13.0. The van der Waals surface area contributed by atoms with Crippen molar-refractivity contribution in [1.82, 2.24) is 0 Å². The van der Waals surface area contributed by atoms with Gasteiger partial charge in [-0.1, -0.05) is 44.2 Å². The lowest BCUT2D eigenvalue weighted by atomic mass is 9.83. The van der Waals surface area contributed by atoms with Crippen LogP contribution in [0.1, 0.15) is 29.8 Å². The predicted octanol–water partition coefficient (Wildman–Crippen LogP) is 3.40. The Balaban J connectivity index is 2.00. The molecule has 0 aliphatic carbocycles. The third kappa shape index (κ3) is 1.41. The molecule has 0 fully saturated rings. The number of rotatable bonds is 0. The van der Waals surface area contributed by atoms with Gasteiger partial charge in [-0.2, -0.15) is 0 Å². The number of para-hydroxylation sites is 2. The monoisotopic (exact) mass is 278 g/mol. The summed E-state index contributed by atoms with van der Waals surface area (Å²) in [6, 6.07) is 16.1. The summed E-state index contributed by atoms with van der Waals surface area (Å²) >= 11 is 0. The molecule has 1 amide bonds. The van der Waals surface area contributed by atoms with Crippen molar-refractivity contribution in [2.75, 3.05) is 16.8 Å². The molecule has 0 aromatic heterocycles. The van der Waals surface area contributed by atoms with E-state index in [1.165, 1.54) is 5.56 Å². The summed E-state index contributed by atoms with van der Waals surface area (Å²) in [6.45, 7) is 4.43. The molecule has 2 aliphatic rings. The number of carbonyl (C=O) groups excluding carboxylic acids is 1. The molecule has 2 aromatic rings. The smallest absolute Gasteiger partial charge is 0.262 e. The van der Waals surface area contributed by atoms with Crippen molar-refractivity contribution >= 4 is 17.3 Å². The average molecular weight is 278 g/mol. The van der Waals surface area contributed by atoms with E-state index in [4.69, 9.17) is 0 Å². The first-order chi connectivity index (χ1) is 10.0. The first-order valence-electron chi connectivity index (χ1n) is 7.28. The predicted molar refractivity (Wildman–Crippen MR) is 84.9 cm³/mol. The molecule has 0 saturated heterocycles. The van der Waals surface area contributed by atoms with Crippen LogP contribution in [0, 0.1) is 0 Å². The van der Waals surface area contributed by atoms with E-state index in [1.54, 1.807) is 0 Å². The Bertz CT molecular complexity index is 750. The van der Waals surface area contributed by atoms with Gasteiger partial charge >= 0.3 is 0 Å². The molecule has 21 heavy (non-hydrogen) atoms. The van der Waals surface area contributed by atoms with E-state index in [-0.39, 0.29) is 17.5 Å². The first-order valence-corrected chi connectivity index (χ1v) is 7.28. The summed E-state index contributed by atoms with van der Waals surface area (Å²) in [5.74, 6) is 0.103. The Morgan fingerprint density at radius 2 is 1.57 bits per heavy atom. The van der Waals surface area contributed by atoms with Crippen LogP contribution in [0.25, 0.3) is 0 Å². The number of hydrogen-bond donors (Lipinski definition) is 0. The van der Waals surface area contributed by atoms with E-state index in [9.17, 15) is 4.79 Å². The summed E-state index contributed by atoms with van der Waals surface area (Å²) in [5, 5.41) is 0. The van der Waals surface area contributed by atoms with E-state index in [0.29, 0.717) is 0 Å².